The van der Waals surface area contributed by atoms with Gasteiger partial charge in [0.15, 0.2) is 0 Å². The molecule has 0 aliphatic carbocycles. The van der Waals surface area contributed by atoms with Crippen LogP contribution in [-0.2, 0) is 17.9 Å². The molecule has 1 amide bonds. The number of rotatable bonds is 6. The monoisotopic (exact) mass is 457 g/mol. The number of halogens is 2. The minimum Gasteiger partial charge on any atom is -0.311 e. The fraction of sp³-hybridized carbons (Fsp3) is 0.273. The second-order valence-corrected chi connectivity index (χ2v) is 8.78. The highest BCUT2D eigenvalue weighted by Crippen LogP contribution is 2.25. The van der Waals surface area contributed by atoms with Gasteiger partial charge < -0.3 is 5.32 Å². The highest BCUT2D eigenvalue weighted by Gasteiger charge is 2.16. The number of aromatic nitrogens is 4. The van der Waals surface area contributed by atoms with Gasteiger partial charge in [0.25, 0.3) is 5.56 Å². The lowest BCUT2D eigenvalue weighted by molar-refractivity contribution is -0.116. The van der Waals surface area contributed by atoms with Crippen LogP contribution in [0.3, 0.4) is 0 Å². The highest BCUT2D eigenvalue weighted by molar-refractivity contribution is 7.18. The van der Waals surface area contributed by atoms with Crippen LogP contribution in [0.25, 0.3) is 10.2 Å². The smallest absolute Gasteiger partial charge is 0.262 e. The number of benzene rings is 1. The summed E-state index contributed by atoms with van der Waals surface area (Å²) in [5.74, 6) is -1.05. The van der Waals surface area contributed by atoms with E-state index in [9.17, 15) is 18.4 Å². The Labute approximate surface area is 186 Å². The van der Waals surface area contributed by atoms with Crippen LogP contribution in [0, 0.1) is 32.4 Å². The average Bonchev–Trinajstić information content (AvgIpc) is 3.24. The molecule has 0 aliphatic rings. The van der Waals surface area contributed by atoms with Crippen LogP contribution >= 0.6 is 11.3 Å². The number of carbonyl (C=O) groups excluding carboxylic acids is 1. The molecule has 166 valence electrons. The first-order valence-corrected chi connectivity index (χ1v) is 10.8. The van der Waals surface area contributed by atoms with E-state index in [0.29, 0.717) is 21.6 Å². The topological polar surface area (TPSA) is 81.8 Å². The van der Waals surface area contributed by atoms with Gasteiger partial charge in [-0.3, -0.25) is 14.2 Å². The Morgan fingerprint density at radius 1 is 1.22 bits per heavy atom. The number of aryl methyl sites for hydroxylation is 4. The van der Waals surface area contributed by atoms with E-state index in [2.05, 4.69) is 15.4 Å². The lowest BCUT2D eigenvalue weighted by atomic mass is 10.2. The predicted octanol–water partition coefficient (Wildman–Crippen LogP) is 3.94. The van der Waals surface area contributed by atoms with Gasteiger partial charge in [-0.25, -0.2) is 18.4 Å². The van der Waals surface area contributed by atoms with Crippen molar-refractivity contribution in [2.75, 3.05) is 5.32 Å². The van der Waals surface area contributed by atoms with Gasteiger partial charge in [0.2, 0.25) is 5.91 Å². The molecular formula is C22H21F2N5O2S. The molecule has 1 aromatic carbocycles. The third-order valence-corrected chi connectivity index (χ3v) is 6.46. The number of amides is 1. The van der Waals surface area contributed by atoms with Crippen LogP contribution < -0.4 is 10.9 Å². The molecule has 3 heterocycles. The zero-order valence-electron chi connectivity index (χ0n) is 17.8. The van der Waals surface area contributed by atoms with Gasteiger partial charge in [-0.2, -0.15) is 5.10 Å². The summed E-state index contributed by atoms with van der Waals surface area (Å²) in [4.78, 5) is 31.4. The lowest BCUT2D eigenvalue weighted by Gasteiger charge is -2.11. The third-order valence-electron chi connectivity index (χ3n) is 5.34. The van der Waals surface area contributed by atoms with Crippen molar-refractivity contribution < 1.29 is 13.6 Å². The first-order valence-electron chi connectivity index (χ1n) is 9.96. The Bertz CT molecular complexity index is 1390. The Kier molecular flexibility index (Phi) is 5.88. The Balaban J connectivity index is 1.48. The first kappa shape index (κ1) is 21.8. The Morgan fingerprint density at radius 2 is 2.00 bits per heavy atom. The summed E-state index contributed by atoms with van der Waals surface area (Å²) in [6.45, 7) is 5.71. The molecule has 3 aromatic heterocycles. The summed E-state index contributed by atoms with van der Waals surface area (Å²) in [5.41, 5.74) is 1.54. The highest BCUT2D eigenvalue weighted by atomic mass is 32.1. The maximum absolute atomic E-state index is 14.0. The molecule has 0 saturated carbocycles. The number of hydrogen-bond donors (Lipinski definition) is 1. The van der Waals surface area contributed by atoms with E-state index < -0.39 is 11.6 Å². The Morgan fingerprint density at radius 3 is 2.78 bits per heavy atom. The second kappa shape index (κ2) is 8.62. The van der Waals surface area contributed by atoms with Crippen molar-refractivity contribution in [2.45, 2.75) is 40.3 Å². The quantitative estimate of drug-likeness (QED) is 0.476. The average molecular weight is 458 g/mol. The minimum absolute atomic E-state index is 0.0359. The SMILES string of the molecule is Cc1cnn(Cc2cc(F)ccc2F)c1NC(=O)CCn1cnc2sc(C)c(C)c2c1=O. The first-order chi connectivity index (χ1) is 15.2. The molecule has 4 aromatic rings. The van der Waals surface area contributed by atoms with Crippen LogP contribution in [0.4, 0.5) is 14.6 Å². The molecule has 0 spiro atoms. The summed E-state index contributed by atoms with van der Waals surface area (Å²) >= 11 is 1.47. The van der Waals surface area contributed by atoms with Crippen molar-refractivity contribution in [3.63, 3.8) is 0 Å². The van der Waals surface area contributed by atoms with Crippen LogP contribution in [0.1, 0.15) is 28.0 Å². The molecule has 4 rings (SSSR count). The Hall–Kier alpha value is -3.40. The third kappa shape index (κ3) is 4.18. The fourth-order valence-corrected chi connectivity index (χ4v) is 4.42. The molecule has 0 aliphatic heterocycles. The summed E-state index contributed by atoms with van der Waals surface area (Å²) < 4.78 is 30.3. The van der Waals surface area contributed by atoms with E-state index in [4.69, 9.17) is 0 Å². The molecule has 1 N–H and O–H groups in total. The van der Waals surface area contributed by atoms with Gasteiger partial charge in [0.1, 0.15) is 22.3 Å². The van der Waals surface area contributed by atoms with Crippen molar-refractivity contribution in [2.24, 2.45) is 0 Å². The largest absolute Gasteiger partial charge is 0.311 e. The zero-order valence-corrected chi connectivity index (χ0v) is 18.6. The maximum atomic E-state index is 14.0. The molecule has 32 heavy (non-hydrogen) atoms. The van der Waals surface area contributed by atoms with Crippen LogP contribution in [-0.4, -0.2) is 25.2 Å². The van der Waals surface area contributed by atoms with E-state index in [1.165, 1.54) is 33.1 Å². The number of thiophene rings is 1. The summed E-state index contributed by atoms with van der Waals surface area (Å²) in [5, 5.41) is 7.51. The summed E-state index contributed by atoms with van der Waals surface area (Å²) in [6.07, 6.45) is 3.03. The molecule has 0 saturated heterocycles. The van der Waals surface area contributed by atoms with E-state index in [0.717, 1.165) is 28.6 Å². The van der Waals surface area contributed by atoms with Gasteiger partial charge in [-0.15, -0.1) is 11.3 Å². The standard InChI is InChI=1S/C22H21F2N5O2S/c1-12-9-26-29(10-15-8-16(23)4-5-17(15)24)20(12)27-18(30)6-7-28-11-25-21-19(22(28)31)13(2)14(3)32-21/h4-5,8-9,11H,6-7,10H2,1-3H3,(H,27,30). The summed E-state index contributed by atoms with van der Waals surface area (Å²) in [7, 11) is 0. The second-order valence-electron chi connectivity index (χ2n) is 7.57. The molecule has 0 unspecified atom stereocenters. The van der Waals surface area contributed by atoms with E-state index in [1.54, 1.807) is 6.92 Å². The number of anilines is 1. The molecule has 10 heteroatoms. The maximum Gasteiger partial charge on any atom is 0.262 e. The number of nitrogens with one attached hydrogen (secondary N) is 1. The molecule has 0 fully saturated rings. The van der Waals surface area contributed by atoms with Crippen molar-refractivity contribution in [3.8, 4) is 0 Å². The van der Waals surface area contributed by atoms with Crippen LogP contribution in [0.5, 0.6) is 0 Å². The number of carbonyl (C=O) groups is 1. The van der Waals surface area contributed by atoms with Crippen molar-refractivity contribution >= 4 is 33.3 Å². The van der Waals surface area contributed by atoms with Gasteiger partial charge in [0, 0.05) is 29.0 Å². The molecule has 0 radical (unpaired) electrons. The number of hydrogen-bond acceptors (Lipinski definition) is 5. The minimum atomic E-state index is -0.557. The number of fused-ring (bicyclic) bond motifs is 1. The molecule has 0 bridgehead atoms. The van der Waals surface area contributed by atoms with Crippen molar-refractivity contribution in [1.29, 1.82) is 0 Å². The fourth-order valence-electron chi connectivity index (χ4n) is 3.43. The van der Waals surface area contributed by atoms with Crippen LogP contribution in [0.15, 0.2) is 35.5 Å². The zero-order chi connectivity index (χ0) is 23.0. The van der Waals surface area contributed by atoms with Crippen LogP contribution in [0.2, 0.25) is 0 Å². The predicted molar refractivity (Wildman–Crippen MR) is 119 cm³/mol. The van der Waals surface area contributed by atoms with Gasteiger partial charge in [-0.1, -0.05) is 0 Å². The molecule has 0 atom stereocenters. The summed E-state index contributed by atoms with van der Waals surface area (Å²) in [6, 6.07) is 3.20. The lowest BCUT2D eigenvalue weighted by Crippen LogP contribution is -2.24. The van der Waals surface area contributed by atoms with Gasteiger partial charge >= 0.3 is 0 Å². The van der Waals surface area contributed by atoms with E-state index >= 15 is 0 Å². The molecular weight excluding hydrogens is 436 g/mol. The molecule has 7 nitrogen and oxygen atoms in total. The van der Waals surface area contributed by atoms with Gasteiger partial charge in [-0.05, 0) is 44.5 Å². The number of nitrogens with zero attached hydrogens (tertiary/aromatic N) is 4. The van der Waals surface area contributed by atoms with Crippen molar-refractivity contribution in [3.05, 3.63) is 74.3 Å². The van der Waals surface area contributed by atoms with Gasteiger partial charge in [0.05, 0.1) is 24.5 Å². The van der Waals surface area contributed by atoms with E-state index in [1.807, 2.05) is 13.8 Å². The van der Waals surface area contributed by atoms with Crippen molar-refractivity contribution in [1.82, 2.24) is 19.3 Å². The van der Waals surface area contributed by atoms with E-state index in [-0.39, 0.29) is 36.5 Å². The normalized spacial score (nSPS) is 11.3.